The Bertz CT molecular complexity index is 605. The molecular formula is C14H19BrFNO2S. The lowest BCUT2D eigenvalue weighted by Crippen LogP contribution is -2.48. The number of sulfonamides is 1. The van der Waals surface area contributed by atoms with Crippen molar-refractivity contribution in [3.05, 3.63) is 28.5 Å². The van der Waals surface area contributed by atoms with Crippen LogP contribution in [0.3, 0.4) is 0 Å². The molecule has 0 aromatic heterocycles. The van der Waals surface area contributed by atoms with Crippen LogP contribution in [0.5, 0.6) is 0 Å². The second kappa shape index (κ2) is 5.73. The van der Waals surface area contributed by atoms with Gasteiger partial charge in [-0.15, -0.1) is 0 Å². The zero-order chi connectivity index (χ0) is 15.1. The second-order valence-electron chi connectivity index (χ2n) is 5.71. The summed E-state index contributed by atoms with van der Waals surface area (Å²) in [5.74, 6) is 0.187. The average Bonchev–Trinajstić information content (AvgIpc) is 2.33. The van der Waals surface area contributed by atoms with Gasteiger partial charge in [0.05, 0.1) is 4.90 Å². The first-order valence-corrected chi connectivity index (χ1v) is 8.93. The van der Waals surface area contributed by atoms with Gasteiger partial charge in [-0.25, -0.2) is 12.8 Å². The maximum atomic E-state index is 13.1. The van der Waals surface area contributed by atoms with Crippen molar-refractivity contribution in [3.63, 3.8) is 0 Å². The van der Waals surface area contributed by atoms with E-state index in [1.807, 2.05) is 6.92 Å². The summed E-state index contributed by atoms with van der Waals surface area (Å²) >= 11 is 3.15. The fraction of sp³-hybridized carbons (Fsp3) is 0.571. The molecule has 20 heavy (non-hydrogen) atoms. The van der Waals surface area contributed by atoms with Crippen molar-refractivity contribution in [1.29, 1.82) is 0 Å². The van der Waals surface area contributed by atoms with Crippen LogP contribution in [0, 0.1) is 17.7 Å². The van der Waals surface area contributed by atoms with Crippen molar-refractivity contribution >= 4 is 26.0 Å². The molecule has 1 aliphatic rings. The molecule has 1 aromatic rings. The smallest absolute Gasteiger partial charge is 0.207 e. The molecule has 0 saturated carbocycles. The molecule has 1 aromatic carbocycles. The third-order valence-electron chi connectivity index (χ3n) is 4.02. The Morgan fingerprint density at radius 1 is 1.30 bits per heavy atom. The van der Waals surface area contributed by atoms with E-state index in [9.17, 15) is 12.8 Å². The predicted molar refractivity (Wildman–Crippen MR) is 80.4 cm³/mol. The van der Waals surface area contributed by atoms with Crippen LogP contribution in [0.2, 0.25) is 0 Å². The van der Waals surface area contributed by atoms with E-state index in [4.69, 9.17) is 0 Å². The van der Waals surface area contributed by atoms with Gasteiger partial charge in [0.15, 0.2) is 0 Å². The Kier molecular flexibility index (Phi) is 4.56. The highest BCUT2D eigenvalue weighted by Crippen LogP contribution is 2.34. The van der Waals surface area contributed by atoms with Crippen molar-refractivity contribution in [2.24, 2.45) is 11.8 Å². The Balaban J connectivity index is 2.43. The fourth-order valence-electron chi connectivity index (χ4n) is 2.79. The minimum absolute atomic E-state index is 0.0480. The number of hydrogen-bond donors (Lipinski definition) is 0. The molecule has 0 spiro atoms. The lowest BCUT2D eigenvalue weighted by molar-refractivity contribution is 0.157. The lowest BCUT2D eigenvalue weighted by atomic mass is 9.88. The Hall–Kier alpha value is -0.460. The molecule has 112 valence electrons. The number of hydrogen-bond acceptors (Lipinski definition) is 2. The zero-order valence-corrected chi connectivity index (χ0v) is 14.2. The number of nitrogens with zero attached hydrogens (tertiary/aromatic N) is 1. The number of benzene rings is 1. The van der Waals surface area contributed by atoms with Gasteiger partial charge in [-0.3, -0.25) is 0 Å². The van der Waals surface area contributed by atoms with E-state index in [-0.39, 0.29) is 15.4 Å². The summed E-state index contributed by atoms with van der Waals surface area (Å²) < 4.78 is 40.5. The maximum Gasteiger partial charge on any atom is 0.244 e. The van der Waals surface area contributed by atoms with Crippen LogP contribution < -0.4 is 0 Å². The first-order chi connectivity index (χ1) is 9.23. The predicted octanol–water partition coefficient (Wildman–Crippen LogP) is 3.64. The molecule has 0 bridgehead atoms. The number of halogens is 2. The van der Waals surface area contributed by atoms with Crippen molar-refractivity contribution < 1.29 is 12.8 Å². The number of rotatable bonds is 2. The van der Waals surface area contributed by atoms with Gasteiger partial charge in [0, 0.05) is 17.1 Å². The van der Waals surface area contributed by atoms with Gasteiger partial charge < -0.3 is 0 Å². The van der Waals surface area contributed by atoms with Gasteiger partial charge in [-0.1, -0.05) is 13.8 Å². The summed E-state index contributed by atoms with van der Waals surface area (Å²) in [6, 6.07) is 3.65. The molecule has 0 aliphatic carbocycles. The normalized spacial score (nSPS) is 28.6. The lowest BCUT2D eigenvalue weighted by Gasteiger charge is -2.40. The quantitative estimate of drug-likeness (QED) is 0.804. The molecule has 6 heteroatoms. The molecule has 0 N–H and O–H groups in total. The molecule has 0 radical (unpaired) electrons. The van der Waals surface area contributed by atoms with Crippen molar-refractivity contribution in [1.82, 2.24) is 4.31 Å². The van der Waals surface area contributed by atoms with Crippen LogP contribution in [0.4, 0.5) is 4.39 Å². The van der Waals surface area contributed by atoms with E-state index in [1.165, 1.54) is 18.2 Å². The van der Waals surface area contributed by atoms with E-state index < -0.39 is 15.8 Å². The van der Waals surface area contributed by atoms with Crippen LogP contribution in [0.15, 0.2) is 27.6 Å². The highest BCUT2D eigenvalue weighted by atomic mass is 79.9. The van der Waals surface area contributed by atoms with Crippen molar-refractivity contribution in [2.45, 2.75) is 38.1 Å². The second-order valence-corrected chi connectivity index (χ2v) is 8.42. The average molecular weight is 364 g/mol. The van der Waals surface area contributed by atoms with Crippen LogP contribution in [-0.2, 0) is 10.0 Å². The molecule has 1 heterocycles. The topological polar surface area (TPSA) is 37.4 Å². The first-order valence-electron chi connectivity index (χ1n) is 6.70. The van der Waals surface area contributed by atoms with E-state index in [0.29, 0.717) is 18.4 Å². The molecule has 1 saturated heterocycles. The van der Waals surface area contributed by atoms with E-state index in [2.05, 4.69) is 29.8 Å². The highest BCUT2D eigenvalue weighted by molar-refractivity contribution is 9.10. The summed E-state index contributed by atoms with van der Waals surface area (Å²) in [4.78, 5) is 0.132. The largest absolute Gasteiger partial charge is 0.244 e. The minimum atomic E-state index is -3.60. The fourth-order valence-corrected chi connectivity index (χ4v) is 5.65. The van der Waals surface area contributed by atoms with Gasteiger partial charge in [0.25, 0.3) is 0 Å². The van der Waals surface area contributed by atoms with E-state index in [0.717, 1.165) is 6.42 Å². The third-order valence-corrected chi connectivity index (χ3v) is 6.95. The Labute approximate surface area is 128 Å². The van der Waals surface area contributed by atoms with Crippen LogP contribution in [0.1, 0.15) is 27.2 Å². The van der Waals surface area contributed by atoms with Crippen LogP contribution in [0.25, 0.3) is 0 Å². The molecule has 0 amide bonds. The maximum absolute atomic E-state index is 13.1. The molecule has 3 atom stereocenters. The molecule has 3 nitrogen and oxygen atoms in total. The Morgan fingerprint density at radius 3 is 2.55 bits per heavy atom. The molecule has 1 aliphatic heterocycles. The van der Waals surface area contributed by atoms with Crippen molar-refractivity contribution in [2.75, 3.05) is 6.54 Å². The van der Waals surface area contributed by atoms with E-state index in [1.54, 1.807) is 4.31 Å². The molecule has 1 fully saturated rings. The summed E-state index contributed by atoms with van der Waals surface area (Å²) in [6.07, 6.45) is 1.03. The van der Waals surface area contributed by atoms with Crippen LogP contribution >= 0.6 is 15.9 Å². The zero-order valence-electron chi connectivity index (χ0n) is 11.8. The molecule has 2 rings (SSSR count). The summed E-state index contributed by atoms with van der Waals surface area (Å²) in [5.41, 5.74) is 0. The summed E-state index contributed by atoms with van der Waals surface area (Å²) in [7, 11) is -3.60. The van der Waals surface area contributed by atoms with Gasteiger partial charge in [-0.2, -0.15) is 4.31 Å². The standard InChI is InChI=1S/C14H19BrFNO2S/c1-9-6-10(2)11(3)17(8-9)20(18,19)14-5-4-12(16)7-13(14)15/h4-5,7,9-11H,6,8H2,1-3H3. The third kappa shape index (κ3) is 2.92. The van der Waals surface area contributed by atoms with E-state index >= 15 is 0 Å². The highest BCUT2D eigenvalue weighted by Gasteiger charge is 2.37. The SMILES string of the molecule is CC1CC(C)C(C)N(S(=O)(=O)c2ccc(F)cc2Br)C1. The Morgan fingerprint density at radius 2 is 1.95 bits per heavy atom. The van der Waals surface area contributed by atoms with Crippen molar-refractivity contribution in [3.8, 4) is 0 Å². The van der Waals surface area contributed by atoms with Gasteiger partial charge >= 0.3 is 0 Å². The summed E-state index contributed by atoms with van der Waals surface area (Å²) in [5, 5.41) is 0. The molecule has 3 unspecified atom stereocenters. The van der Waals surface area contributed by atoms with Gasteiger partial charge in [0.2, 0.25) is 10.0 Å². The van der Waals surface area contributed by atoms with Gasteiger partial charge in [0.1, 0.15) is 5.82 Å². The minimum Gasteiger partial charge on any atom is -0.207 e. The summed E-state index contributed by atoms with van der Waals surface area (Å²) in [6.45, 7) is 6.58. The molecular weight excluding hydrogens is 345 g/mol. The van der Waals surface area contributed by atoms with Gasteiger partial charge in [-0.05, 0) is 59.3 Å². The van der Waals surface area contributed by atoms with Crippen LogP contribution in [-0.4, -0.2) is 25.3 Å². The number of piperidine rings is 1. The first kappa shape index (κ1) is 15.9. The monoisotopic (exact) mass is 363 g/mol.